The number of nitrogens with one attached hydrogen (secondary N) is 2. The summed E-state index contributed by atoms with van der Waals surface area (Å²) in [5.74, 6) is 2.44. The molecule has 1 saturated heterocycles. The molecule has 1 aromatic rings. The van der Waals surface area contributed by atoms with Crippen molar-refractivity contribution in [2.24, 2.45) is 12.0 Å². The number of aryl methyl sites for hydroxylation is 1. The lowest BCUT2D eigenvalue weighted by Gasteiger charge is -2.25. The third-order valence-electron chi connectivity index (χ3n) is 3.68. The summed E-state index contributed by atoms with van der Waals surface area (Å²) in [4.78, 5) is 4.47. The molecule has 0 atom stereocenters. The van der Waals surface area contributed by atoms with Gasteiger partial charge in [0.25, 0.3) is 0 Å². The van der Waals surface area contributed by atoms with Gasteiger partial charge in [0.05, 0.1) is 18.0 Å². The maximum Gasteiger partial charge on any atom is 0.215 e. The lowest BCUT2D eigenvalue weighted by atomic mass is 10.4. The van der Waals surface area contributed by atoms with Gasteiger partial charge in [-0.25, -0.2) is 17.7 Å². The Morgan fingerprint density at radius 1 is 1.36 bits per heavy atom. The minimum absolute atomic E-state index is 0. The predicted octanol–water partition coefficient (Wildman–Crippen LogP) is 0.472. The van der Waals surface area contributed by atoms with E-state index in [4.69, 9.17) is 0 Å². The first kappa shape index (κ1) is 22.5. The molecular formula is C14H27IN6O2S2. The van der Waals surface area contributed by atoms with Gasteiger partial charge in [0, 0.05) is 50.9 Å². The highest BCUT2D eigenvalue weighted by atomic mass is 127. The van der Waals surface area contributed by atoms with Gasteiger partial charge in [0.15, 0.2) is 5.96 Å². The van der Waals surface area contributed by atoms with E-state index in [0.29, 0.717) is 38.7 Å². The summed E-state index contributed by atoms with van der Waals surface area (Å²) in [6.07, 6.45) is 1.73. The highest BCUT2D eigenvalue weighted by Gasteiger charge is 2.23. The molecule has 0 radical (unpaired) electrons. The Kier molecular flexibility index (Phi) is 10.1. The van der Waals surface area contributed by atoms with Gasteiger partial charge in [0.1, 0.15) is 0 Å². The van der Waals surface area contributed by atoms with Crippen LogP contribution in [0.3, 0.4) is 0 Å². The number of thioether (sulfide) groups is 1. The summed E-state index contributed by atoms with van der Waals surface area (Å²) in [6.45, 7) is 4.74. The molecule has 25 heavy (non-hydrogen) atoms. The first-order chi connectivity index (χ1) is 11.5. The number of sulfonamides is 1. The molecule has 1 fully saturated rings. The van der Waals surface area contributed by atoms with Crippen molar-refractivity contribution in [2.45, 2.75) is 13.5 Å². The van der Waals surface area contributed by atoms with E-state index in [1.807, 2.05) is 20.0 Å². The molecule has 1 aliphatic rings. The molecule has 8 nitrogen and oxygen atoms in total. The van der Waals surface area contributed by atoms with Crippen molar-refractivity contribution < 1.29 is 8.42 Å². The highest BCUT2D eigenvalue weighted by Crippen LogP contribution is 2.12. The largest absolute Gasteiger partial charge is 0.357 e. The highest BCUT2D eigenvalue weighted by molar-refractivity contribution is 14.0. The topological polar surface area (TPSA) is 91.6 Å². The van der Waals surface area contributed by atoms with Crippen LogP contribution in [0.5, 0.6) is 0 Å². The van der Waals surface area contributed by atoms with Gasteiger partial charge in [-0.15, -0.1) is 24.0 Å². The second kappa shape index (κ2) is 11.2. The number of rotatable bonds is 7. The minimum Gasteiger partial charge on any atom is -0.357 e. The zero-order chi connectivity index (χ0) is 17.4. The molecule has 0 bridgehead atoms. The summed E-state index contributed by atoms with van der Waals surface area (Å²) >= 11 is 1.80. The molecule has 2 rings (SSSR count). The van der Waals surface area contributed by atoms with Gasteiger partial charge in [-0.1, -0.05) is 0 Å². The van der Waals surface area contributed by atoms with E-state index in [2.05, 4.69) is 20.7 Å². The van der Waals surface area contributed by atoms with Gasteiger partial charge >= 0.3 is 0 Å². The molecule has 2 heterocycles. The predicted molar refractivity (Wildman–Crippen MR) is 114 cm³/mol. The lowest BCUT2D eigenvalue weighted by molar-refractivity contribution is 0.443. The van der Waals surface area contributed by atoms with Crippen LogP contribution < -0.4 is 10.6 Å². The number of aromatic nitrogens is 2. The summed E-state index contributed by atoms with van der Waals surface area (Å²) in [5, 5.41) is 10.3. The molecular weight excluding hydrogens is 475 g/mol. The van der Waals surface area contributed by atoms with Crippen molar-refractivity contribution in [2.75, 3.05) is 43.4 Å². The normalized spacial score (nSPS) is 16.3. The van der Waals surface area contributed by atoms with Gasteiger partial charge in [0.2, 0.25) is 10.0 Å². The van der Waals surface area contributed by atoms with E-state index >= 15 is 0 Å². The minimum atomic E-state index is -3.20. The van der Waals surface area contributed by atoms with Crippen LogP contribution in [0.2, 0.25) is 0 Å². The SMILES string of the molecule is CCNC(=NCc1ccnn1C)NCCS(=O)(=O)N1CCSCC1.I. The van der Waals surface area contributed by atoms with Crippen molar-refractivity contribution in [3.8, 4) is 0 Å². The average molecular weight is 502 g/mol. The molecule has 0 unspecified atom stereocenters. The number of nitrogens with zero attached hydrogens (tertiary/aromatic N) is 4. The Morgan fingerprint density at radius 2 is 2.08 bits per heavy atom. The Hall–Kier alpha value is -0.530. The summed E-state index contributed by atoms with van der Waals surface area (Å²) in [6, 6.07) is 1.91. The van der Waals surface area contributed by atoms with E-state index in [-0.39, 0.29) is 29.7 Å². The fourth-order valence-corrected chi connectivity index (χ4v) is 4.80. The number of aliphatic imine (C=N–C) groups is 1. The van der Waals surface area contributed by atoms with Crippen LogP contribution in [0, 0.1) is 0 Å². The van der Waals surface area contributed by atoms with Gasteiger partial charge in [-0.2, -0.15) is 16.9 Å². The van der Waals surface area contributed by atoms with Crippen molar-refractivity contribution in [1.82, 2.24) is 24.7 Å². The smallest absolute Gasteiger partial charge is 0.215 e. The van der Waals surface area contributed by atoms with Crippen molar-refractivity contribution >= 4 is 51.7 Å². The van der Waals surface area contributed by atoms with E-state index in [1.165, 1.54) is 0 Å². The summed E-state index contributed by atoms with van der Waals surface area (Å²) in [7, 11) is -1.33. The zero-order valence-corrected chi connectivity index (χ0v) is 18.6. The van der Waals surface area contributed by atoms with Crippen molar-refractivity contribution in [1.29, 1.82) is 0 Å². The molecule has 1 aromatic heterocycles. The lowest BCUT2D eigenvalue weighted by Crippen LogP contribution is -2.44. The van der Waals surface area contributed by atoms with Gasteiger partial charge in [-0.3, -0.25) is 4.68 Å². The second-order valence-corrected chi connectivity index (χ2v) is 8.71. The van der Waals surface area contributed by atoms with Crippen LogP contribution in [0.15, 0.2) is 17.3 Å². The Balaban J connectivity index is 0.00000312. The Labute approximate surface area is 171 Å². The quantitative estimate of drug-likeness (QED) is 0.320. The first-order valence-electron chi connectivity index (χ1n) is 8.07. The van der Waals surface area contributed by atoms with Gasteiger partial charge < -0.3 is 10.6 Å². The first-order valence-corrected chi connectivity index (χ1v) is 10.8. The van der Waals surface area contributed by atoms with E-state index < -0.39 is 10.0 Å². The van der Waals surface area contributed by atoms with Crippen LogP contribution >= 0.6 is 35.7 Å². The van der Waals surface area contributed by atoms with E-state index in [0.717, 1.165) is 17.2 Å². The second-order valence-electron chi connectivity index (χ2n) is 5.40. The van der Waals surface area contributed by atoms with Crippen LogP contribution in [0.4, 0.5) is 0 Å². The molecule has 0 aliphatic carbocycles. The molecule has 0 spiro atoms. The Morgan fingerprint density at radius 3 is 2.68 bits per heavy atom. The Bertz CT molecular complexity index is 644. The number of hydrogen-bond acceptors (Lipinski definition) is 5. The average Bonchev–Trinajstić information content (AvgIpc) is 2.98. The molecule has 1 aliphatic heterocycles. The molecule has 0 aromatic carbocycles. The van der Waals surface area contributed by atoms with Gasteiger partial charge in [-0.05, 0) is 13.0 Å². The number of hydrogen-bond donors (Lipinski definition) is 2. The molecule has 11 heteroatoms. The fraction of sp³-hybridized carbons (Fsp3) is 0.714. The molecule has 0 saturated carbocycles. The zero-order valence-electron chi connectivity index (χ0n) is 14.6. The summed E-state index contributed by atoms with van der Waals surface area (Å²) < 4.78 is 28.0. The third kappa shape index (κ3) is 7.31. The maximum atomic E-state index is 12.3. The van der Waals surface area contributed by atoms with E-state index in [9.17, 15) is 8.42 Å². The molecule has 0 amide bonds. The summed E-state index contributed by atoms with van der Waals surface area (Å²) in [5.41, 5.74) is 0.991. The number of halogens is 1. The van der Waals surface area contributed by atoms with Crippen molar-refractivity contribution in [3.63, 3.8) is 0 Å². The monoisotopic (exact) mass is 502 g/mol. The standard InChI is InChI=1S/C14H26N6O2S2.HI/c1-3-15-14(17-12-13-4-5-18-19(13)2)16-6-11-24(21,22)20-7-9-23-10-8-20;/h4-5H,3,6-12H2,1-2H3,(H2,15,16,17);1H. The third-order valence-corrected chi connectivity index (χ3v) is 6.50. The molecule has 144 valence electrons. The van der Waals surface area contributed by atoms with E-state index in [1.54, 1.807) is 26.9 Å². The molecule has 2 N–H and O–H groups in total. The fourth-order valence-electron chi connectivity index (χ4n) is 2.31. The van der Waals surface area contributed by atoms with Crippen LogP contribution in [0.1, 0.15) is 12.6 Å². The van der Waals surface area contributed by atoms with Crippen LogP contribution in [-0.2, 0) is 23.6 Å². The van der Waals surface area contributed by atoms with Crippen molar-refractivity contribution in [3.05, 3.63) is 18.0 Å². The number of guanidine groups is 1. The van der Waals surface area contributed by atoms with Crippen LogP contribution in [-0.4, -0.2) is 71.9 Å². The maximum absolute atomic E-state index is 12.3. The van der Waals surface area contributed by atoms with Crippen LogP contribution in [0.25, 0.3) is 0 Å².